The minimum Gasteiger partial charge on any atom is -0.411 e. The highest BCUT2D eigenvalue weighted by molar-refractivity contribution is 5.92. The summed E-state index contributed by atoms with van der Waals surface area (Å²) in [6, 6.07) is 0. The molecule has 0 aliphatic carbocycles. The summed E-state index contributed by atoms with van der Waals surface area (Å²) < 4.78 is 10.3. The lowest BCUT2D eigenvalue weighted by atomic mass is 10.1. The fourth-order valence-corrected chi connectivity index (χ4v) is 1.43. The van der Waals surface area contributed by atoms with Crippen LogP contribution in [0.2, 0.25) is 0 Å². The number of hydrogen-bond acceptors (Lipinski definition) is 5. The Morgan fingerprint density at radius 3 is 3.00 bits per heavy atom. The fraction of sp³-hybridized carbons (Fsp3) is 0.833. The predicted molar refractivity (Wildman–Crippen MR) is 34.7 cm³/mol. The molecule has 2 aliphatic heterocycles. The molecule has 0 amide bonds. The van der Waals surface area contributed by atoms with E-state index in [2.05, 4.69) is 5.16 Å². The molecule has 2 fully saturated rings. The first-order valence-corrected chi connectivity index (χ1v) is 3.45. The summed E-state index contributed by atoms with van der Waals surface area (Å²) in [5, 5.41) is 20.7. The summed E-state index contributed by atoms with van der Waals surface area (Å²) in [5.74, 6) is 0. The zero-order valence-corrected chi connectivity index (χ0v) is 5.80. The van der Waals surface area contributed by atoms with Gasteiger partial charge in [0.1, 0.15) is 24.0 Å². The van der Waals surface area contributed by atoms with Crippen molar-refractivity contribution in [3.05, 3.63) is 0 Å². The average molecular weight is 159 g/mol. The maximum Gasteiger partial charge on any atom is 0.130 e. The van der Waals surface area contributed by atoms with Crippen molar-refractivity contribution in [3.8, 4) is 0 Å². The van der Waals surface area contributed by atoms with Crippen molar-refractivity contribution in [3.63, 3.8) is 0 Å². The molecule has 5 heteroatoms. The number of aliphatic hydroxyl groups is 1. The first-order chi connectivity index (χ1) is 5.33. The second kappa shape index (κ2) is 2.44. The molecule has 11 heavy (non-hydrogen) atoms. The van der Waals surface area contributed by atoms with Crippen LogP contribution in [-0.2, 0) is 9.47 Å². The van der Waals surface area contributed by atoms with E-state index in [9.17, 15) is 5.11 Å². The largest absolute Gasteiger partial charge is 0.411 e. The molecule has 3 atom stereocenters. The maximum atomic E-state index is 9.23. The Bertz CT molecular complexity index is 193. The number of oxime groups is 1. The van der Waals surface area contributed by atoms with Gasteiger partial charge in [-0.05, 0) is 0 Å². The Balaban J connectivity index is 2.16. The Hall–Kier alpha value is -0.650. The molecular weight excluding hydrogens is 150 g/mol. The molecule has 2 N–H and O–H groups in total. The van der Waals surface area contributed by atoms with E-state index in [1.165, 1.54) is 0 Å². The van der Waals surface area contributed by atoms with E-state index in [-0.39, 0.29) is 25.4 Å². The van der Waals surface area contributed by atoms with Crippen LogP contribution in [-0.4, -0.2) is 47.6 Å². The van der Waals surface area contributed by atoms with Crippen molar-refractivity contribution in [2.45, 2.75) is 18.3 Å². The summed E-state index contributed by atoms with van der Waals surface area (Å²) in [5.41, 5.74) is 0.464. The Morgan fingerprint density at radius 1 is 1.45 bits per heavy atom. The summed E-state index contributed by atoms with van der Waals surface area (Å²) in [6.07, 6.45) is -1.25. The van der Waals surface area contributed by atoms with E-state index >= 15 is 0 Å². The third-order valence-electron chi connectivity index (χ3n) is 2.00. The summed E-state index contributed by atoms with van der Waals surface area (Å²) in [7, 11) is 0. The van der Waals surface area contributed by atoms with Crippen LogP contribution >= 0.6 is 0 Å². The monoisotopic (exact) mass is 159 g/mol. The van der Waals surface area contributed by atoms with Crippen LogP contribution < -0.4 is 0 Å². The molecular formula is C6H9NO4. The van der Waals surface area contributed by atoms with Crippen LogP contribution in [0, 0.1) is 0 Å². The van der Waals surface area contributed by atoms with E-state index in [0.29, 0.717) is 5.71 Å². The van der Waals surface area contributed by atoms with Crippen LogP contribution in [0.1, 0.15) is 0 Å². The summed E-state index contributed by atoms with van der Waals surface area (Å²) in [6.45, 7) is 0.511. The quantitative estimate of drug-likeness (QED) is 0.350. The topological polar surface area (TPSA) is 71.3 Å². The second-order valence-electron chi connectivity index (χ2n) is 2.69. The van der Waals surface area contributed by atoms with Gasteiger partial charge in [-0.25, -0.2) is 0 Å². The van der Waals surface area contributed by atoms with E-state index in [4.69, 9.17) is 14.7 Å². The molecule has 0 radical (unpaired) electrons. The Kier molecular flexibility index (Phi) is 1.56. The SMILES string of the molecule is O/N=C1\COC2C(O)COC12. The molecule has 0 aromatic rings. The van der Waals surface area contributed by atoms with Crippen LogP contribution in [0.3, 0.4) is 0 Å². The first-order valence-electron chi connectivity index (χ1n) is 3.45. The van der Waals surface area contributed by atoms with Crippen LogP contribution in [0.25, 0.3) is 0 Å². The van der Waals surface area contributed by atoms with Gasteiger partial charge in [0, 0.05) is 0 Å². The minimum atomic E-state index is -0.584. The van der Waals surface area contributed by atoms with Crippen molar-refractivity contribution in [2.75, 3.05) is 13.2 Å². The molecule has 0 saturated carbocycles. The number of nitrogens with zero attached hydrogens (tertiary/aromatic N) is 1. The molecule has 2 aliphatic rings. The van der Waals surface area contributed by atoms with Crippen molar-refractivity contribution in [2.24, 2.45) is 5.16 Å². The van der Waals surface area contributed by atoms with Gasteiger partial charge in [0.15, 0.2) is 0 Å². The smallest absolute Gasteiger partial charge is 0.130 e. The highest BCUT2D eigenvalue weighted by Crippen LogP contribution is 2.24. The van der Waals surface area contributed by atoms with Crippen LogP contribution in [0.15, 0.2) is 5.16 Å². The van der Waals surface area contributed by atoms with Crippen molar-refractivity contribution < 1.29 is 19.8 Å². The van der Waals surface area contributed by atoms with Gasteiger partial charge < -0.3 is 19.8 Å². The molecule has 2 heterocycles. The minimum absolute atomic E-state index is 0.253. The molecule has 62 valence electrons. The molecule has 3 unspecified atom stereocenters. The number of rotatable bonds is 0. The Labute approximate surface area is 63.2 Å². The predicted octanol–water partition coefficient (Wildman–Crippen LogP) is -1.02. The second-order valence-corrected chi connectivity index (χ2v) is 2.69. The number of ether oxygens (including phenoxy) is 2. The number of hydrogen-bond donors (Lipinski definition) is 2. The normalized spacial score (nSPS) is 46.6. The van der Waals surface area contributed by atoms with Crippen molar-refractivity contribution >= 4 is 5.71 Å². The number of fused-ring (bicyclic) bond motifs is 1. The van der Waals surface area contributed by atoms with Gasteiger partial charge >= 0.3 is 0 Å². The standard InChI is InChI=1S/C6H9NO4/c8-4-2-11-5-3(7-9)1-10-6(4)5/h4-6,8-9H,1-2H2/b7-3+. The third kappa shape index (κ3) is 0.926. The van der Waals surface area contributed by atoms with Gasteiger partial charge in [-0.15, -0.1) is 0 Å². The van der Waals surface area contributed by atoms with Crippen LogP contribution in [0.5, 0.6) is 0 Å². The van der Waals surface area contributed by atoms with E-state index in [1.54, 1.807) is 0 Å². The lowest BCUT2D eigenvalue weighted by Gasteiger charge is -2.07. The zero-order chi connectivity index (χ0) is 7.84. The lowest BCUT2D eigenvalue weighted by molar-refractivity contribution is 0.0197. The molecule has 0 bridgehead atoms. The van der Waals surface area contributed by atoms with Crippen molar-refractivity contribution in [1.82, 2.24) is 0 Å². The van der Waals surface area contributed by atoms with E-state index < -0.39 is 6.10 Å². The maximum absolute atomic E-state index is 9.23. The molecule has 2 saturated heterocycles. The average Bonchev–Trinajstić information content (AvgIpc) is 2.53. The van der Waals surface area contributed by atoms with Gasteiger partial charge in [-0.1, -0.05) is 5.16 Å². The zero-order valence-electron chi connectivity index (χ0n) is 5.80. The molecule has 0 aromatic heterocycles. The fourth-order valence-electron chi connectivity index (χ4n) is 1.43. The molecule has 2 rings (SSSR count). The van der Waals surface area contributed by atoms with Gasteiger partial charge in [-0.3, -0.25) is 0 Å². The lowest BCUT2D eigenvalue weighted by Crippen LogP contribution is -2.29. The van der Waals surface area contributed by atoms with Crippen LogP contribution in [0.4, 0.5) is 0 Å². The van der Waals surface area contributed by atoms with Gasteiger partial charge in [0.05, 0.1) is 13.2 Å². The van der Waals surface area contributed by atoms with E-state index in [1.807, 2.05) is 0 Å². The molecule has 0 aromatic carbocycles. The third-order valence-corrected chi connectivity index (χ3v) is 2.00. The van der Waals surface area contributed by atoms with Crippen molar-refractivity contribution in [1.29, 1.82) is 0 Å². The summed E-state index contributed by atoms with van der Waals surface area (Å²) in [4.78, 5) is 0. The molecule has 0 spiro atoms. The number of aliphatic hydroxyl groups excluding tert-OH is 1. The molecule has 5 nitrogen and oxygen atoms in total. The highest BCUT2D eigenvalue weighted by atomic mass is 16.6. The first kappa shape index (κ1) is 7.02. The summed E-state index contributed by atoms with van der Waals surface area (Å²) >= 11 is 0. The van der Waals surface area contributed by atoms with Gasteiger partial charge in [0.25, 0.3) is 0 Å². The van der Waals surface area contributed by atoms with Gasteiger partial charge in [0.2, 0.25) is 0 Å². The Morgan fingerprint density at radius 2 is 2.27 bits per heavy atom. The van der Waals surface area contributed by atoms with Gasteiger partial charge in [-0.2, -0.15) is 0 Å². The van der Waals surface area contributed by atoms with E-state index in [0.717, 1.165) is 0 Å². The highest BCUT2D eigenvalue weighted by Gasteiger charge is 2.45.